The number of anilines is 1. The van der Waals surface area contributed by atoms with E-state index in [-0.39, 0.29) is 11.5 Å². The predicted molar refractivity (Wildman–Crippen MR) is 82.4 cm³/mol. The Morgan fingerprint density at radius 1 is 1.05 bits per heavy atom. The first-order valence-corrected chi connectivity index (χ1v) is 7.79. The van der Waals surface area contributed by atoms with Gasteiger partial charge in [0, 0.05) is 11.3 Å². The van der Waals surface area contributed by atoms with Crippen LogP contribution in [0.25, 0.3) is 0 Å². The van der Waals surface area contributed by atoms with E-state index >= 15 is 0 Å². The largest absolute Gasteiger partial charge is 0.384 e. The summed E-state index contributed by atoms with van der Waals surface area (Å²) in [7, 11) is -3.61. The monoisotopic (exact) mass is 301 g/mol. The molecule has 2 aromatic carbocycles. The molecule has 0 saturated carbocycles. The number of aliphatic hydroxyl groups is 1. The lowest BCUT2D eigenvalue weighted by Crippen LogP contribution is -2.12. The Balaban J connectivity index is 2.21. The van der Waals surface area contributed by atoms with Gasteiger partial charge in [-0.05, 0) is 43.3 Å². The Labute approximate surface area is 124 Å². The topological polar surface area (TPSA) is 66.4 Å². The minimum absolute atomic E-state index is 0.164. The molecule has 0 aliphatic rings. The second-order valence-electron chi connectivity index (χ2n) is 4.46. The highest BCUT2D eigenvalue weighted by atomic mass is 32.2. The molecule has 0 radical (unpaired) electrons. The van der Waals surface area contributed by atoms with Gasteiger partial charge in [0.15, 0.2) is 0 Å². The first-order valence-electron chi connectivity index (χ1n) is 6.30. The number of hydrogen-bond acceptors (Lipinski definition) is 3. The molecule has 2 rings (SSSR count). The maximum Gasteiger partial charge on any atom is 0.261 e. The number of benzene rings is 2. The third-order valence-electron chi connectivity index (χ3n) is 2.78. The Bertz CT molecular complexity index is 767. The number of hydrogen-bond donors (Lipinski definition) is 2. The van der Waals surface area contributed by atoms with Gasteiger partial charge in [-0.3, -0.25) is 4.72 Å². The number of aryl methyl sites for hydroxylation is 1. The van der Waals surface area contributed by atoms with Crippen molar-refractivity contribution in [3.63, 3.8) is 0 Å². The van der Waals surface area contributed by atoms with Crippen LogP contribution in [0.5, 0.6) is 0 Å². The molecule has 0 heterocycles. The van der Waals surface area contributed by atoms with Gasteiger partial charge in [0.1, 0.15) is 6.61 Å². The van der Waals surface area contributed by atoms with E-state index in [1.807, 2.05) is 19.1 Å². The van der Waals surface area contributed by atoms with Gasteiger partial charge < -0.3 is 5.11 Å². The molecule has 0 aliphatic heterocycles. The van der Waals surface area contributed by atoms with Crippen molar-refractivity contribution in [2.45, 2.75) is 11.8 Å². The van der Waals surface area contributed by atoms with Crippen LogP contribution in [0, 0.1) is 18.8 Å². The fraction of sp³-hybridized carbons (Fsp3) is 0.125. The van der Waals surface area contributed by atoms with E-state index in [9.17, 15) is 8.42 Å². The van der Waals surface area contributed by atoms with Crippen molar-refractivity contribution in [3.05, 3.63) is 59.7 Å². The van der Waals surface area contributed by atoms with E-state index in [2.05, 4.69) is 16.6 Å². The quantitative estimate of drug-likeness (QED) is 0.854. The predicted octanol–water partition coefficient (Wildman–Crippen LogP) is 2.14. The standard InChI is InChI=1S/C16H15NO3S/c1-13-4-8-15(9-5-13)17-21(19,20)16-10-6-14(7-11-16)3-2-12-18/h4-11,17-18H,12H2,1H3. The van der Waals surface area contributed by atoms with E-state index < -0.39 is 10.0 Å². The lowest BCUT2D eigenvalue weighted by molar-refractivity contribution is 0.350. The molecule has 108 valence electrons. The molecule has 5 heteroatoms. The molecular weight excluding hydrogens is 286 g/mol. The maximum atomic E-state index is 12.2. The molecule has 0 bridgehead atoms. The van der Waals surface area contributed by atoms with Crippen molar-refractivity contribution in [1.29, 1.82) is 0 Å². The Morgan fingerprint density at radius 2 is 1.67 bits per heavy atom. The van der Waals surface area contributed by atoms with Gasteiger partial charge in [-0.2, -0.15) is 0 Å². The summed E-state index contributed by atoms with van der Waals surface area (Å²) in [5.74, 6) is 5.22. The number of aliphatic hydroxyl groups excluding tert-OH is 1. The molecular formula is C16H15NO3S. The molecule has 2 N–H and O–H groups in total. The van der Waals surface area contributed by atoms with Crippen LogP contribution in [0.3, 0.4) is 0 Å². The number of sulfonamides is 1. The highest BCUT2D eigenvalue weighted by molar-refractivity contribution is 7.92. The van der Waals surface area contributed by atoms with Crippen molar-refractivity contribution in [1.82, 2.24) is 0 Å². The van der Waals surface area contributed by atoms with Gasteiger partial charge in [-0.1, -0.05) is 29.5 Å². The zero-order chi connectivity index (χ0) is 15.3. The normalized spacial score (nSPS) is 10.6. The lowest BCUT2D eigenvalue weighted by Gasteiger charge is -2.08. The van der Waals surface area contributed by atoms with Crippen LogP contribution in [-0.4, -0.2) is 20.1 Å². The Morgan fingerprint density at radius 3 is 2.24 bits per heavy atom. The molecule has 0 spiro atoms. The molecule has 0 amide bonds. The summed E-state index contributed by atoms with van der Waals surface area (Å²) >= 11 is 0. The minimum atomic E-state index is -3.61. The van der Waals surface area contributed by atoms with Gasteiger partial charge in [0.2, 0.25) is 0 Å². The minimum Gasteiger partial charge on any atom is -0.384 e. The molecule has 21 heavy (non-hydrogen) atoms. The van der Waals surface area contributed by atoms with Gasteiger partial charge >= 0.3 is 0 Å². The SMILES string of the molecule is Cc1ccc(NS(=O)(=O)c2ccc(C#CCO)cc2)cc1. The second kappa shape index (κ2) is 6.44. The fourth-order valence-electron chi connectivity index (χ4n) is 1.69. The summed E-state index contributed by atoms with van der Waals surface area (Å²) in [4.78, 5) is 0.164. The molecule has 0 aromatic heterocycles. The third-order valence-corrected chi connectivity index (χ3v) is 4.18. The fourth-order valence-corrected chi connectivity index (χ4v) is 2.75. The van der Waals surface area contributed by atoms with Crippen LogP contribution in [0.1, 0.15) is 11.1 Å². The molecule has 4 nitrogen and oxygen atoms in total. The molecule has 2 aromatic rings. The molecule has 0 aliphatic carbocycles. The van der Waals surface area contributed by atoms with E-state index in [1.54, 1.807) is 24.3 Å². The van der Waals surface area contributed by atoms with Crippen LogP contribution in [0.4, 0.5) is 5.69 Å². The summed E-state index contributed by atoms with van der Waals surface area (Å²) in [6.07, 6.45) is 0. The maximum absolute atomic E-state index is 12.2. The van der Waals surface area contributed by atoms with E-state index in [1.165, 1.54) is 12.1 Å². The Kier molecular flexibility index (Phi) is 4.63. The van der Waals surface area contributed by atoms with E-state index in [0.717, 1.165) is 5.56 Å². The Hall–Kier alpha value is -2.29. The van der Waals surface area contributed by atoms with Crippen molar-refractivity contribution >= 4 is 15.7 Å². The van der Waals surface area contributed by atoms with Crippen molar-refractivity contribution in [3.8, 4) is 11.8 Å². The molecule has 0 atom stereocenters. The van der Waals surface area contributed by atoms with Crippen LogP contribution in [0.2, 0.25) is 0 Å². The van der Waals surface area contributed by atoms with Gasteiger partial charge in [0.25, 0.3) is 10.0 Å². The average Bonchev–Trinajstić information content (AvgIpc) is 2.48. The highest BCUT2D eigenvalue weighted by Gasteiger charge is 2.13. The summed E-state index contributed by atoms with van der Waals surface area (Å²) < 4.78 is 27.0. The smallest absolute Gasteiger partial charge is 0.261 e. The van der Waals surface area contributed by atoms with Crippen molar-refractivity contribution < 1.29 is 13.5 Å². The van der Waals surface area contributed by atoms with Gasteiger partial charge in [0.05, 0.1) is 4.90 Å². The summed E-state index contributed by atoms with van der Waals surface area (Å²) in [5, 5.41) is 8.62. The summed E-state index contributed by atoms with van der Waals surface area (Å²) in [6.45, 7) is 1.71. The summed E-state index contributed by atoms with van der Waals surface area (Å²) in [6, 6.07) is 13.3. The van der Waals surface area contributed by atoms with Gasteiger partial charge in [-0.15, -0.1) is 0 Å². The highest BCUT2D eigenvalue weighted by Crippen LogP contribution is 2.16. The molecule has 0 unspecified atom stereocenters. The average molecular weight is 301 g/mol. The second-order valence-corrected chi connectivity index (χ2v) is 6.14. The van der Waals surface area contributed by atoms with Crippen LogP contribution < -0.4 is 4.72 Å². The first-order chi connectivity index (χ1) is 10.0. The number of nitrogens with one attached hydrogen (secondary N) is 1. The van der Waals surface area contributed by atoms with Crippen LogP contribution in [-0.2, 0) is 10.0 Å². The van der Waals surface area contributed by atoms with Crippen LogP contribution in [0.15, 0.2) is 53.4 Å². The molecule has 0 fully saturated rings. The van der Waals surface area contributed by atoms with E-state index in [0.29, 0.717) is 11.3 Å². The van der Waals surface area contributed by atoms with Gasteiger partial charge in [-0.25, -0.2) is 8.42 Å². The van der Waals surface area contributed by atoms with Crippen molar-refractivity contribution in [2.75, 3.05) is 11.3 Å². The zero-order valence-electron chi connectivity index (χ0n) is 11.5. The number of rotatable bonds is 3. The zero-order valence-corrected chi connectivity index (χ0v) is 12.3. The van der Waals surface area contributed by atoms with Crippen LogP contribution >= 0.6 is 0 Å². The third kappa shape index (κ3) is 4.09. The van der Waals surface area contributed by atoms with Crippen molar-refractivity contribution in [2.24, 2.45) is 0 Å². The summed E-state index contributed by atoms with van der Waals surface area (Å²) in [5.41, 5.74) is 2.23. The lowest BCUT2D eigenvalue weighted by atomic mass is 10.2. The van der Waals surface area contributed by atoms with E-state index in [4.69, 9.17) is 5.11 Å². The molecule has 0 saturated heterocycles. The first kappa shape index (κ1) is 15.1.